The lowest BCUT2D eigenvalue weighted by molar-refractivity contribution is -0.137. The summed E-state index contributed by atoms with van der Waals surface area (Å²) in [4.78, 5) is 33.2. The first kappa shape index (κ1) is 14.8. The summed E-state index contributed by atoms with van der Waals surface area (Å²) in [5.74, 6) is -2.28. The highest BCUT2D eigenvalue weighted by Crippen LogP contribution is 2.03. The molecular formula is C13H14FNO4. The average Bonchev–Trinajstić information content (AvgIpc) is 2.35. The topological polar surface area (TPSA) is 83.5 Å². The maximum absolute atomic E-state index is 12.9. The minimum Gasteiger partial charge on any atom is -0.481 e. The number of hydrogen-bond acceptors (Lipinski definition) is 3. The molecule has 1 rings (SSSR count). The number of nitrogens with one attached hydrogen (secondary N) is 1. The fourth-order valence-corrected chi connectivity index (χ4v) is 1.44. The van der Waals surface area contributed by atoms with Gasteiger partial charge in [-0.05, 0) is 24.6 Å². The standard InChI is InChI=1S/C13H14FNO4/c14-10-4-1-3-9(7-10)13(19)15-8-11(16)5-2-6-12(17)18/h1,3-4,7H,2,5-6,8H2,(H,15,19)(H,17,18). The van der Waals surface area contributed by atoms with Crippen LogP contribution in [0.2, 0.25) is 0 Å². The van der Waals surface area contributed by atoms with Crippen LogP contribution in [0.25, 0.3) is 0 Å². The van der Waals surface area contributed by atoms with Gasteiger partial charge in [-0.25, -0.2) is 4.39 Å². The van der Waals surface area contributed by atoms with Crippen molar-refractivity contribution in [1.82, 2.24) is 5.32 Å². The lowest BCUT2D eigenvalue weighted by Crippen LogP contribution is -2.29. The molecule has 1 aromatic rings. The molecule has 19 heavy (non-hydrogen) atoms. The number of carbonyl (C=O) groups excluding carboxylic acids is 2. The van der Waals surface area contributed by atoms with Gasteiger partial charge >= 0.3 is 5.97 Å². The van der Waals surface area contributed by atoms with Crippen LogP contribution in [0.5, 0.6) is 0 Å². The second-order valence-electron chi connectivity index (χ2n) is 3.98. The minimum atomic E-state index is -0.961. The first-order chi connectivity index (χ1) is 8.99. The van der Waals surface area contributed by atoms with Gasteiger partial charge in [-0.3, -0.25) is 14.4 Å². The Morgan fingerprint density at radius 3 is 2.58 bits per heavy atom. The number of ketones is 1. The third-order valence-corrected chi connectivity index (χ3v) is 2.38. The summed E-state index contributed by atoms with van der Waals surface area (Å²) >= 11 is 0. The molecule has 5 nitrogen and oxygen atoms in total. The molecule has 0 aliphatic rings. The number of halogens is 1. The average molecular weight is 267 g/mol. The van der Waals surface area contributed by atoms with Crippen molar-refractivity contribution in [3.63, 3.8) is 0 Å². The Bertz CT molecular complexity index is 487. The van der Waals surface area contributed by atoms with E-state index in [2.05, 4.69) is 5.32 Å². The van der Waals surface area contributed by atoms with E-state index in [9.17, 15) is 18.8 Å². The Morgan fingerprint density at radius 2 is 1.95 bits per heavy atom. The second kappa shape index (κ2) is 7.25. The molecular weight excluding hydrogens is 253 g/mol. The number of aliphatic carboxylic acids is 1. The van der Waals surface area contributed by atoms with Crippen molar-refractivity contribution in [2.45, 2.75) is 19.3 Å². The van der Waals surface area contributed by atoms with Crippen molar-refractivity contribution < 1.29 is 23.9 Å². The highest BCUT2D eigenvalue weighted by Gasteiger charge is 2.09. The van der Waals surface area contributed by atoms with E-state index >= 15 is 0 Å². The van der Waals surface area contributed by atoms with E-state index in [-0.39, 0.29) is 37.2 Å². The van der Waals surface area contributed by atoms with Crippen LogP contribution in [0.3, 0.4) is 0 Å². The molecule has 0 bridgehead atoms. The van der Waals surface area contributed by atoms with E-state index in [0.29, 0.717) is 0 Å². The molecule has 0 unspecified atom stereocenters. The predicted octanol–water partition coefficient (Wildman–Crippen LogP) is 1.38. The first-order valence-electron chi connectivity index (χ1n) is 5.76. The first-order valence-corrected chi connectivity index (χ1v) is 5.76. The molecule has 6 heteroatoms. The number of hydrogen-bond donors (Lipinski definition) is 2. The quantitative estimate of drug-likeness (QED) is 0.781. The van der Waals surface area contributed by atoms with Gasteiger partial charge in [0.1, 0.15) is 5.82 Å². The minimum absolute atomic E-state index is 0.0798. The Labute approximate surface area is 109 Å². The Morgan fingerprint density at radius 1 is 1.21 bits per heavy atom. The van der Waals surface area contributed by atoms with Crippen LogP contribution in [0.1, 0.15) is 29.6 Å². The molecule has 0 aliphatic heterocycles. The van der Waals surface area contributed by atoms with Crippen molar-refractivity contribution >= 4 is 17.7 Å². The van der Waals surface area contributed by atoms with Crippen molar-refractivity contribution in [2.75, 3.05) is 6.54 Å². The molecule has 0 radical (unpaired) electrons. The zero-order valence-electron chi connectivity index (χ0n) is 10.2. The third-order valence-electron chi connectivity index (χ3n) is 2.38. The van der Waals surface area contributed by atoms with Crippen molar-refractivity contribution in [1.29, 1.82) is 0 Å². The van der Waals surface area contributed by atoms with E-state index in [1.54, 1.807) is 0 Å². The largest absolute Gasteiger partial charge is 0.481 e. The number of carboxylic acid groups (broad SMARTS) is 1. The molecule has 0 atom stereocenters. The van der Waals surface area contributed by atoms with Crippen molar-refractivity contribution in [3.05, 3.63) is 35.6 Å². The zero-order chi connectivity index (χ0) is 14.3. The molecule has 0 spiro atoms. The summed E-state index contributed by atoms with van der Waals surface area (Å²) in [5.41, 5.74) is 0.137. The van der Waals surface area contributed by atoms with Gasteiger partial charge in [0.15, 0.2) is 5.78 Å². The molecule has 1 amide bonds. The lowest BCUT2D eigenvalue weighted by atomic mass is 10.1. The number of Topliss-reactive ketones (excluding diaryl/α,β-unsaturated/α-hetero) is 1. The smallest absolute Gasteiger partial charge is 0.303 e. The monoisotopic (exact) mass is 267 g/mol. The molecule has 0 fully saturated rings. The summed E-state index contributed by atoms with van der Waals surface area (Å²) in [6.45, 7) is -0.186. The van der Waals surface area contributed by atoms with Crippen molar-refractivity contribution in [2.24, 2.45) is 0 Å². The Balaban J connectivity index is 2.34. The second-order valence-corrected chi connectivity index (χ2v) is 3.98. The molecule has 0 aliphatic carbocycles. The summed E-state index contributed by atoms with van der Waals surface area (Å²) in [6, 6.07) is 5.13. The summed E-state index contributed by atoms with van der Waals surface area (Å²) in [5, 5.41) is 10.8. The molecule has 0 saturated heterocycles. The maximum Gasteiger partial charge on any atom is 0.303 e. The van der Waals surface area contributed by atoms with Gasteiger partial charge in [0.2, 0.25) is 0 Å². The van der Waals surface area contributed by atoms with Crippen LogP contribution in [-0.4, -0.2) is 29.3 Å². The van der Waals surface area contributed by atoms with Gasteiger partial charge in [0, 0.05) is 18.4 Å². The van der Waals surface area contributed by atoms with Gasteiger partial charge in [0.25, 0.3) is 5.91 Å². The van der Waals surface area contributed by atoms with Gasteiger partial charge in [0.05, 0.1) is 6.54 Å². The number of benzene rings is 1. The van der Waals surface area contributed by atoms with Crippen LogP contribution < -0.4 is 5.32 Å². The van der Waals surface area contributed by atoms with Crippen LogP contribution in [0, 0.1) is 5.82 Å². The summed E-state index contributed by atoms with van der Waals surface area (Å²) < 4.78 is 12.9. The van der Waals surface area contributed by atoms with Crippen LogP contribution in [-0.2, 0) is 9.59 Å². The molecule has 0 heterocycles. The summed E-state index contributed by atoms with van der Waals surface area (Å²) in [7, 11) is 0. The lowest BCUT2D eigenvalue weighted by Gasteiger charge is -2.04. The fourth-order valence-electron chi connectivity index (χ4n) is 1.44. The molecule has 1 aromatic carbocycles. The van der Waals surface area contributed by atoms with E-state index in [1.165, 1.54) is 18.2 Å². The Hall–Kier alpha value is -2.24. The zero-order valence-corrected chi connectivity index (χ0v) is 10.2. The fraction of sp³-hybridized carbons (Fsp3) is 0.308. The van der Waals surface area contributed by atoms with E-state index in [0.717, 1.165) is 6.07 Å². The van der Waals surface area contributed by atoms with Gasteiger partial charge < -0.3 is 10.4 Å². The number of amides is 1. The number of rotatable bonds is 7. The van der Waals surface area contributed by atoms with Crippen molar-refractivity contribution in [3.8, 4) is 0 Å². The third kappa shape index (κ3) is 5.76. The molecule has 0 aromatic heterocycles. The van der Waals surface area contributed by atoms with E-state index in [4.69, 9.17) is 5.11 Å². The highest BCUT2D eigenvalue weighted by atomic mass is 19.1. The van der Waals surface area contributed by atoms with Gasteiger partial charge in [-0.2, -0.15) is 0 Å². The van der Waals surface area contributed by atoms with Crippen LogP contribution >= 0.6 is 0 Å². The normalized spacial score (nSPS) is 9.95. The molecule has 2 N–H and O–H groups in total. The van der Waals surface area contributed by atoms with Crippen LogP contribution in [0.4, 0.5) is 4.39 Å². The van der Waals surface area contributed by atoms with Gasteiger partial charge in [-0.1, -0.05) is 6.07 Å². The predicted molar refractivity (Wildman–Crippen MR) is 65.2 cm³/mol. The Kier molecular flexibility index (Phi) is 5.66. The summed E-state index contributed by atoms with van der Waals surface area (Å²) in [6.07, 6.45) is 0.253. The molecule has 102 valence electrons. The van der Waals surface area contributed by atoms with Crippen LogP contribution in [0.15, 0.2) is 24.3 Å². The van der Waals surface area contributed by atoms with E-state index < -0.39 is 17.7 Å². The SMILES string of the molecule is O=C(O)CCCC(=O)CNC(=O)c1cccc(F)c1. The van der Waals surface area contributed by atoms with E-state index in [1.807, 2.05) is 0 Å². The molecule has 0 saturated carbocycles. The number of carboxylic acids is 1. The number of carbonyl (C=O) groups is 3. The highest BCUT2D eigenvalue weighted by molar-refractivity contribution is 5.96. The maximum atomic E-state index is 12.9. The van der Waals surface area contributed by atoms with Gasteiger partial charge in [-0.15, -0.1) is 0 Å².